The van der Waals surface area contributed by atoms with Crippen LogP contribution in [0.1, 0.15) is 11.1 Å². The number of allylic oxidation sites excluding steroid dienone is 6. The molecule has 0 N–H and O–H groups in total. The predicted molar refractivity (Wildman–Crippen MR) is 121 cm³/mol. The lowest BCUT2D eigenvalue weighted by Crippen LogP contribution is -1.98. The average Bonchev–Trinajstić information content (AvgIpc) is 2.83. The van der Waals surface area contributed by atoms with Gasteiger partial charge in [-0.15, -0.1) is 0 Å². The quantitative estimate of drug-likeness (QED) is 0.439. The fourth-order valence-corrected chi connectivity index (χ4v) is 2.79. The van der Waals surface area contributed by atoms with E-state index in [0.717, 1.165) is 22.6 Å². The zero-order valence-electron chi connectivity index (χ0n) is 17.2. The molecule has 0 aromatic heterocycles. The van der Waals surface area contributed by atoms with Gasteiger partial charge in [0.2, 0.25) is 0 Å². The molecule has 2 aromatic rings. The first-order valence-corrected chi connectivity index (χ1v) is 9.42. The van der Waals surface area contributed by atoms with Gasteiger partial charge in [0.1, 0.15) is 23.0 Å². The highest BCUT2D eigenvalue weighted by molar-refractivity contribution is 5.59. The molecule has 0 spiro atoms. The van der Waals surface area contributed by atoms with Crippen molar-refractivity contribution < 1.29 is 14.2 Å². The van der Waals surface area contributed by atoms with E-state index in [0.29, 0.717) is 17.1 Å². The average molecular weight is 408 g/mol. The van der Waals surface area contributed by atoms with Gasteiger partial charge in [-0.05, 0) is 65.3 Å². The second-order valence-electron chi connectivity index (χ2n) is 6.44. The Hall–Kier alpha value is -4.48. The Balaban J connectivity index is 1.86. The molecule has 0 aliphatic carbocycles. The van der Waals surface area contributed by atoms with Crippen LogP contribution in [0.25, 0.3) is 17.0 Å². The first-order valence-electron chi connectivity index (χ1n) is 9.42. The lowest BCUT2D eigenvalue weighted by molar-refractivity contribution is 0.332. The molecule has 0 unspecified atom stereocenters. The Morgan fingerprint density at radius 2 is 1.29 bits per heavy atom. The molecule has 152 valence electrons. The van der Waals surface area contributed by atoms with Crippen LogP contribution in [0.3, 0.4) is 0 Å². The minimum absolute atomic E-state index is 0.00833. The van der Waals surface area contributed by atoms with Crippen LogP contribution in [0.4, 0.5) is 0 Å². The summed E-state index contributed by atoms with van der Waals surface area (Å²) in [6.45, 7) is 7.26. The molecule has 0 radical (unpaired) electrons. The Labute approximate surface area is 181 Å². The number of ether oxygens (including phenoxy) is 3. The molecule has 31 heavy (non-hydrogen) atoms. The summed E-state index contributed by atoms with van der Waals surface area (Å²) in [6.07, 6.45) is 10.7. The monoisotopic (exact) mass is 408 g/mol. The van der Waals surface area contributed by atoms with Gasteiger partial charge in [0, 0.05) is 0 Å². The number of rotatable bonds is 6. The third-order valence-corrected chi connectivity index (χ3v) is 4.43. The van der Waals surface area contributed by atoms with Crippen LogP contribution >= 0.6 is 0 Å². The SMILES string of the molecule is [C-]#[N+]C(C#N)=C1C=C(C=Cc2ccc(OC)cc2)OC(C=Cc2ccc(OC)cc2)=C1. The third kappa shape index (κ3) is 5.76. The lowest BCUT2D eigenvalue weighted by Gasteiger charge is -2.14. The second kappa shape index (κ2) is 10.3. The van der Waals surface area contributed by atoms with Crippen LogP contribution in [0.15, 0.2) is 95.6 Å². The number of nitriles is 1. The zero-order chi connectivity index (χ0) is 22.1. The van der Waals surface area contributed by atoms with Crippen molar-refractivity contribution >= 4 is 12.2 Å². The van der Waals surface area contributed by atoms with Crippen molar-refractivity contribution in [3.63, 3.8) is 0 Å². The molecule has 5 nitrogen and oxygen atoms in total. The third-order valence-electron chi connectivity index (χ3n) is 4.43. The Morgan fingerprint density at radius 1 is 0.839 bits per heavy atom. The van der Waals surface area contributed by atoms with Gasteiger partial charge in [-0.3, -0.25) is 0 Å². The van der Waals surface area contributed by atoms with Gasteiger partial charge in [-0.25, -0.2) is 10.1 Å². The number of benzene rings is 2. The molecule has 1 heterocycles. The fourth-order valence-electron chi connectivity index (χ4n) is 2.79. The van der Waals surface area contributed by atoms with Gasteiger partial charge in [-0.1, -0.05) is 36.4 Å². The highest BCUT2D eigenvalue weighted by Gasteiger charge is 2.12. The zero-order valence-corrected chi connectivity index (χ0v) is 17.2. The molecule has 0 saturated carbocycles. The van der Waals surface area contributed by atoms with Gasteiger partial charge in [0.15, 0.2) is 0 Å². The largest absolute Gasteiger partial charge is 0.497 e. The van der Waals surface area contributed by atoms with Gasteiger partial charge >= 0.3 is 0 Å². The number of methoxy groups -OCH3 is 2. The summed E-state index contributed by atoms with van der Waals surface area (Å²) < 4.78 is 16.3. The molecule has 5 heteroatoms. The van der Waals surface area contributed by atoms with Crippen molar-refractivity contribution in [2.75, 3.05) is 14.2 Å². The van der Waals surface area contributed by atoms with E-state index in [1.807, 2.05) is 66.8 Å². The highest BCUT2D eigenvalue weighted by atomic mass is 16.5. The van der Waals surface area contributed by atoms with E-state index in [2.05, 4.69) is 4.85 Å². The normalized spacial score (nSPS) is 13.1. The molecule has 0 fully saturated rings. The van der Waals surface area contributed by atoms with Crippen molar-refractivity contribution in [2.45, 2.75) is 0 Å². The van der Waals surface area contributed by atoms with Crippen LogP contribution in [0.2, 0.25) is 0 Å². The molecule has 1 aliphatic heterocycles. The molecular weight excluding hydrogens is 388 g/mol. The summed E-state index contributed by atoms with van der Waals surface area (Å²) in [4.78, 5) is 3.32. The van der Waals surface area contributed by atoms with E-state index in [9.17, 15) is 5.26 Å². The minimum atomic E-state index is 0.00833. The summed E-state index contributed by atoms with van der Waals surface area (Å²) in [5.41, 5.74) is 2.44. The van der Waals surface area contributed by atoms with Crippen molar-refractivity contribution in [3.8, 4) is 17.6 Å². The first-order chi connectivity index (χ1) is 15.1. The molecule has 2 aromatic carbocycles. The van der Waals surface area contributed by atoms with Crippen molar-refractivity contribution in [3.05, 3.63) is 118 Å². The Kier molecular flexibility index (Phi) is 7.08. The molecule has 0 saturated heterocycles. The molecule has 0 amide bonds. The van der Waals surface area contributed by atoms with Crippen LogP contribution in [0.5, 0.6) is 11.5 Å². The van der Waals surface area contributed by atoms with Crippen LogP contribution in [0, 0.1) is 17.9 Å². The van der Waals surface area contributed by atoms with E-state index < -0.39 is 0 Å². The first kappa shape index (κ1) is 21.2. The fraction of sp³-hybridized carbons (Fsp3) is 0.0769. The van der Waals surface area contributed by atoms with E-state index in [1.54, 1.807) is 38.5 Å². The van der Waals surface area contributed by atoms with Crippen LogP contribution in [-0.4, -0.2) is 14.2 Å². The van der Waals surface area contributed by atoms with E-state index in [4.69, 9.17) is 20.8 Å². The maximum atomic E-state index is 9.28. The summed E-state index contributed by atoms with van der Waals surface area (Å²) in [5, 5.41) is 9.28. The van der Waals surface area contributed by atoms with Crippen LogP contribution < -0.4 is 9.47 Å². The highest BCUT2D eigenvalue weighted by Crippen LogP contribution is 2.25. The molecule has 0 atom stereocenters. The number of nitrogens with zero attached hydrogens (tertiary/aromatic N) is 2. The maximum absolute atomic E-state index is 9.28. The summed E-state index contributed by atoms with van der Waals surface area (Å²) in [7, 11) is 3.24. The summed E-state index contributed by atoms with van der Waals surface area (Å²) in [6, 6.07) is 17.1. The van der Waals surface area contributed by atoms with Gasteiger partial charge in [-0.2, -0.15) is 0 Å². The number of hydrogen-bond donors (Lipinski definition) is 0. The maximum Gasteiger partial charge on any atom is 0.269 e. The molecule has 0 bridgehead atoms. The second-order valence-corrected chi connectivity index (χ2v) is 6.44. The van der Waals surface area contributed by atoms with E-state index >= 15 is 0 Å². The summed E-state index contributed by atoms with van der Waals surface area (Å²) >= 11 is 0. The van der Waals surface area contributed by atoms with E-state index in [-0.39, 0.29) is 5.70 Å². The Morgan fingerprint density at radius 3 is 1.65 bits per heavy atom. The standard InChI is InChI=1S/C26H20N2O3/c1-28-26(18-27)21-16-24(14-8-19-4-10-22(29-2)11-5-19)31-25(17-21)15-9-20-6-12-23(30-3)13-7-20/h4-17H,2-3H3. The smallest absolute Gasteiger partial charge is 0.269 e. The molecular formula is C26H20N2O3. The number of hydrogen-bond acceptors (Lipinski definition) is 4. The molecule has 1 aliphatic rings. The van der Waals surface area contributed by atoms with Gasteiger partial charge in [0.25, 0.3) is 5.70 Å². The lowest BCUT2D eigenvalue weighted by atomic mass is 10.1. The predicted octanol–water partition coefficient (Wildman–Crippen LogP) is 5.93. The summed E-state index contributed by atoms with van der Waals surface area (Å²) in [5.74, 6) is 2.61. The van der Waals surface area contributed by atoms with Crippen LogP contribution in [-0.2, 0) is 4.74 Å². The topological polar surface area (TPSA) is 55.8 Å². The Bertz CT molecular complexity index is 1080. The van der Waals surface area contributed by atoms with Crippen molar-refractivity contribution in [1.82, 2.24) is 0 Å². The molecule has 3 rings (SSSR count). The van der Waals surface area contributed by atoms with Crippen molar-refractivity contribution in [2.24, 2.45) is 0 Å². The van der Waals surface area contributed by atoms with Gasteiger partial charge < -0.3 is 14.2 Å². The van der Waals surface area contributed by atoms with Gasteiger partial charge in [0.05, 0.1) is 26.9 Å². The minimum Gasteiger partial charge on any atom is -0.497 e. The van der Waals surface area contributed by atoms with Crippen molar-refractivity contribution in [1.29, 1.82) is 5.26 Å². The van der Waals surface area contributed by atoms with E-state index in [1.165, 1.54) is 0 Å².